The van der Waals surface area contributed by atoms with E-state index in [2.05, 4.69) is 9.97 Å². The second-order valence-corrected chi connectivity index (χ2v) is 10.2. The number of carbonyl (C=O) groups excluding carboxylic acids is 1. The maximum absolute atomic E-state index is 13.1. The Bertz CT molecular complexity index is 1100. The quantitative estimate of drug-likeness (QED) is 0.738. The summed E-state index contributed by atoms with van der Waals surface area (Å²) in [6, 6.07) is 1.62. The van der Waals surface area contributed by atoms with Crippen LogP contribution in [0.2, 0.25) is 5.02 Å². The minimum atomic E-state index is -3.32. The van der Waals surface area contributed by atoms with Gasteiger partial charge in [-0.3, -0.25) is 14.8 Å². The molecule has 154 valence electrons. The van der Waals surface area contributed by atoms with Crippen LogP contribution in [0.4, 0.5) is 5.69 Å². The van der Waals surface area contributed by atoms with E-state index in [1.165, 1.54) is 12.5 Å². The molecule has 2 aliphatic heterocycles. The number of halogens is 1. The van der Waals surface area contributed by atoms with Crippen molar-refractivity contribution < 1.29 is 13.2 Å². The molecule has 0 bridgehead atoms. The first-order valence-corrected chi connectivity index (χ1v) is 11.8. The molecule has 0 saturated carbocycles. The number of sulfone groups is 1. The average molecular weight is 435 g/mol. The fourth-order valence-electron chi connectivity index (χ4n) is 4.10. The Balaban J connectivity index is 1.48. The van der Waals surface area contributed by atoms with Gasteiger partial charge in [0.2, 0.25) is 5.91 Å². The maximum Gasteiger partial charge on any atom is 0.228 e. The van der Waals surface area contributed by atoms with Crippen LogP contribution in [0.3, 0.4) is 0 Å². The van der Waals surface area contributed by atoms with Crippen molar-refractivity contribution in [1.29, 1.82) is 0 Å². The smallest absolute Gasteiger partial charge is 0.228 e. The van der Waals surface area contributed by atoms with E-state index in [4.69, 9.17) is 11.6 Å². The standard InChI is InChI=1S/C20H23ClN4O3S/c1-12-17-10-25(11-18(17)23-13(2)19(12)21)20(26)14-4-5-24(9-14)15-6-16(8-22-7-15)29(3,27)28/h6-8,14H,4-5,9-11H2,1-3H3. The molecule has 29 heavy (non-hydrogen) atoms. The van der Waals surface area contributed by atoms with Gasteiger partial charge in [-0.15, -0.1) is 0 Å². The number of rotatable bonds is 3. The second-order valence-electron chi connectivity index (χ2n) is 7.84. The molecule has 0 radical (unpaired) electrons. The minimum absolute atomic E-state index is 0.103. The number of nitrogens with zero attached hydrogens (tertiary/aromatic N) is 4. The molecule has 1 fully saturated rings. The molecule has 7 nitrogen and oxygen atoms in total. The first-order valence-electron chi connectivity index (χ1n) is 9.48. The van der Waals surface area contributed by atoms with Crippen LogP contribution in [0, 0.1) is 19.8 Å². The zero-order valence-corrected chi connectivity index (χ0v) is 18.2. The number of carbonyl (C=O) groups is 1. The molecule has 0 N–H and O–H groups in total. The van der Waals surface area contributed by atoms with E-state index in [0.717, 1.165) is 34.6 Å². The van der Waals surface area contributed by atoms with Gasteiger partial charge < -0.3 is 9.80 Å². The second kappa shape index (κ2) is 7.25. The van der Waals surface area contributed by atoms with E-state index in [9.17, 15) is 13.2 Å². The van der Waals surface area contributed by atoms with E-state index < -0.39 is 9.84 Å². The van der Waals surface area contributed by atoms with E-state index in [0.29, 0.717) is 31.2 Å². The molecule has 0 spiro atoms. The van der Waals surface area contributed by atoms with Crippen LogP contribution in [-0.2, 0) is 27.7 Å². The lowest BCUT2D eigenvalue weighted by molar-refractivity contribution is -0.135. The molecule has 9 heteroatoms. The van der Waals surface area contributed by atoms with Gasteiger partial charge in [-0.1, -0.05) is 11.6 Å². The van der Waals surface area contributed by atoms with Crippen molar-refractivity contribution in [3.63, 3.8) is 0 Å². The summed E-state index contributed by atoms with van der Waals surface area (Å²) in [5, 5.41) is 0.670. The molecule has 2 aliphatic rings. The number of aromatic nitrogens is 2. The largest absolute Gasteiger partial charge is 0.369 e. The first-order chi connectivity index (χ1) is 13.6. The molecule has 2 aromatic heterocycles. The SMILES string of the molecule is Cc1nc2c(c(C)c1Cl)CN(C(=O)C1CCN(c3cncc(S(C)(=O)=O)c3)C1)C2. The summed E-state index contributed by atoms with van der Waals surface area (Å²) in [6.45, 7) is 6.14. The fourth-order valence-corrected chi connectivity index (χ4v) is 4.84. The van der Waals surface area contributed by atoms with Crippen molar-refractivity contribution in [3.05, 3.63) is 46.0 Å². The maximum atomic E-state index is 13.1. The van der Waals surface area contributed by atoms with Crippen LogP contribution in [0.5, 0.6) is 0 Å². The number of hydrogen-bond donors (Lipinski definition) is 0. The lowest BCUT2D eigenvalue weighted by Gasteiger charge is -2.21. The third kappa shape index (κ3) is 3.71. The monoisotopic (exact) mass is 434 g/mol. The Morgan fingerprint density at radius 2 is 2.00 bits per heavy atom. The Morgan fingerprint density at radius 1 is 1.24 bits per heavy atom. The van der Waals surface area contributed by atoms with E-state index in [1.54, 1.807) is 12.3 Å². The van der Waals surface area contributed by atoms with Crippen molar-refractivity contribution >= 4 is 33.0 Å². The van der Waals surface area contributed by atoms with Crippen LogP contribution in [0.25, 0.3) is 0 Å². The van der Waals surface area contributed by atoms with Crippen LogP contribution in [0.15, 0.2) is 23.4 Å². The first kappa shape index (κ1) is 20.1. The van der Waals surface area contributed by atoms with E-state index in [1.807, 2.05) is 23.6 Å². The van der Waals surface area contributed by atoms with Gasteiger partial charge in [0.25, 0.3) is 0 Å². The molecule has 4 rings (SSSR count). The van der Waals surface area contributed by atoms with Crippen LogP contribution < -0.4 is 4.90 Å². The summed E-state index contributed by atoms with van der Waals surface area (Å²) >= 11 is 6.33. The van der Waals surface area contributed by atoms with Crippen molar-refractivity contribution in [2.45, 2.75) is 38.3 Å². The molecule has 1 unspecified atom stereocenters. The Kier molecular flexibility index (Phi) is 5.02. The molecular weight excluding hydrogens is 412 g/mol. The highest BCUT2D eigenvalue weighted by Gasteiger charge is 2.35. The highest BCUT2D eigenvalue weighted by molar-refractivity contribution is 7.90. The highest BCUT2D eigenvalue weighted by Crippen LogP contribution is 2.33. The van der Waals surface area contributed by atoms with Crippen LogP contribution in [0.1, 0.15) is 28.9 Å². The van der Waals surface area contributed by atoms with Gasteiger partial charge in [-0.2, -0.15) is 0 Å². The molecule has 4 heterocycles. The van der Waals surface area contributed by atoms with Gasteiger partial charge in [-0.25, -0.2) is 8.42 Å². The Morgan fingerprint density at radius 3 is 2.72 bits per heavy atom. The van der Waals surface area contributed by atoms with Gasteiger partial charge in [0.05, 0.1) is 45.7 Å². The summed E-state index contributed by atoms with van der Waals surface area (Å²) in [5.74, 6) is -0.0334. The van der Waals surface area contributed by atoms with Crippen molar-refractivity contribution in [1.82, 2.24) is 14.9 Å². The Hall–Kier alpha value is -2.19. The summed E-state index contributed by atoms with van der Waals surface area (Å²) < 4.78 is 23.6. The summed E-state index contributed by atoms with van der Waals surface area (Å²) in [4.78, 5) is 25.8. The number of pyridine rings is 2. The number of aryl methyl sites for hydroxylation is 1. The molecule has 0 aromatic carbocycles. The molecule has 1 atom stereocenters. The van der Waals surface area contributed by atoms with Gasteiger partial charge >= 0.3 is 0 Å². The number of amides is 1. The summed E-state index contributed by atoms with van der Waals surface area (Å²) in [7, 11) is -3.32. The normalized spacial score (nSPS) is 19.0. The fraction of sp³-hybridized carbons (Fsp3) is 0.450. The predicted octanol–water partition coefficient (Wildman–Crippen LogP) is 2.52. The third-order valence-electron chi connectivity index (χ3n) is 5.78. The van der Waals surface area contributed by atoms with Crippen molar-refractivity contribution in [2.24, 2.45) is 5.92 Å². The zero-order valence-electron chi connectivity index (χ0n) is 16.6. The molecule has 1 amide bonds. The number of fused-ring (bicyclic) bond motifs is 1. The average Bonchev–Trinajstić information content (AvgIpc) is 3.33. The highest BCUT2D eigenvalue weighted by atomic mass is 35.5. The summed E-state index contributed by atoms with van der Waals surface area (Å²) in [5.41, 5.74) is 4.50. The van der Waals surface area contributed by atoms with Gasteiger partial charge in [0, 0.05) is 32.1 Å². The van der Waals surface area contributed by atoms with Gasteiger partial charge in [0.15, 0.2) is 9.84 Å². The lowest BCUT2D eigenvalue weighted by atomic mass is 10.1. The van der Waals surface area contributed by atoms with Gasteiger partial charge in [0.1, 0.15) is 0 Å². The molecule has 1 saturated heterocycles. The Labute approximate surface area is 175 Å². The molecule has 0 aliphatic carbocycles. The lowest BCUT2D eigenvalue weighted by Crippen LogP contribution is -2.34. The van der Waals surface area contributed by atoms with Crippen LogP contribution >= 0.6 is 11.6 Å². The third-order valence-corrected chi connectivity index (χ3v) is 7.42. The number of hydrogen-bond acceptors (Lipinski definition) is 6. The minimum Gasteiger partial charge on any atom is -0.369 e. The van der Waals surface area contributed by atoms with E-state index in [-0.39, 0.29) is 16.7 Å². The van der Waals surface area contributed by atoms with E-state index >= 15 is 0 Å². The summed E-state index contributed by atoms with van der Waals surface area (Å²) in [6.07, 6.45) is 4.88. The molecule has 2 aromatic rings. The predicted molar refractivity (Wildman–Crippen MR) is 111 cm³/mol. The number of anilines is 1. The zero-order chi connectivity index (χ0) is 20.9. The van der Waals surface area contributed by atoms with Crippen LogP contribution in [-0.4, -0.2) is 48.5 Å². The topological polar surface area (TPSA) is 83.5 Å². The van der Waals surface area contributed by atoms with Gasteiger partial charge in [-0.05, 0) is 37.5 Å². The van der Waals surface area contributed by atoms with Crippen molar-refractivity contribution in [3.8, 4) is 0 Å². The molecular formula is C20H23ClN4O3S. The van der Waals surface area contributed by atoms with Crippen molar-refractivity contribution in [2.75, 3.05) is 24.2 Å².